The second-order valence-corrected chi connectivity index (χ2v) is 4.76. The first-order chi connectivity index (χ1) is 7.74. The first-order valence-corrected chi connectivity index (χ1v) is 5.75. The molecule has 0 saturated carbocycles. The first-order valence-electron chi connectivity index (χ1n) is 4.93. The van der Waals surface area contributed by atoms with Gasteiger partial charge in [-0.15, -0.1) is 11.3 Å². The molecule has 0 amide bonds. The lowest BCUT2D eigenvalue weighted by Gasteiger charge is -1.90. The Morgan fingerprint density at radius 2 is 2.12 bits per heavy atom. The minimum absolute atomic E-state index is 0.991. The quantitative estimate of drug-likeness (QED) is 0.644. The predicted molar refractivity (Wildman–Crippen MR) is 64.4 cm³/mol. The molecule has 4 nitrogen and oxygen atoms in total. The van der Waals surface area contributed by atoms with Gasteiger partial charge in [-0.05, 0) is 13.0 Å². The van der Waals surface area contributed by atoms with Crippen LogP contribution < -0.4 is 0 Å². The highest BCUT2D eigenvalue weighted by molar-refractivity contribution is 7.22. The van der Waals surface area contributed by atoms with Crippen molar-refractivity contribution in [3.63, 3.8) is 0 Å². The molecule has 5 heteroatoms. The zero-order valence-corrected chi connectivity index (χ0v) is 9.82. The molecule has 0 fully saturated rings. The monoisotopic (exact) mass is 230 g/mol. The van der Waals surface area contributed by atoms with Crippen LogP contribution in [0, 0.1) is 6.92 Å². The van der Waals surface area contributed by atoms with E-state index in [1.54, 1.807) is 24.0 Å². The molecule has 80 valence electrons. The van der Waals surface area contributed by atoms with Gasteiger partial charge in [0.05, 0.1) is 32.8 Å². The van der Waals surface area contributed by atoms with Gasteiger partial charge in [-0.1, -0.05) is 0 Å². The fraction of sp³-hybridized carbons (Fsp3) is 0.182. The molecule has 16 heavy (non-hydrogen) atoms. The normalized spacial score (nSPS) is 11.1. The molecule has 3 aromatic rings. The molecule has 0 N–H and O–H groups in total. The number of hydrogen-bond acceptors (Lipinski definition) is 4. The first kappa shape index (κ1) is 9.47. The Bertz CT molecular complexity index is 653. The molecule has 0 saturated heterocycles. The summed E-state index contributed by atoms with van der Waals surface area (Å²) in [6, 6.07) is 2.07. The van der Waals surface area contributed by atoms with Crippen LogP contribution >= 0.6 is 11.3 Å². The standard InChI is InChI=1S/C11H10N4S/c1-7-11-8(13-5-12-7)3-10(16-11)9-4-15(2)6-14-9/h3-6H,1-2H3. The molecule has 0 radical (unpaired) electrons. The minimum atomic E-state index is 0.991. The van der Waals surface area contributed by atoms with E-state index >= 15 is 0 Å². The van der Waals surface area contributed by atoms with Crippen LogP contribution in [0.2, 0.25) is 0 Å². The molecule has 0 spiro atoms. The summed E-state index contributed by atoms with van der Waals surface area (Å²) in [5, 5.41) is 0. The third kappa shape index (κ3) is 1.40. The molecule has 0 bridgehead atoms. The maximum atomic E-state index is 4.34. The van der Waals surface area contributed by atoms with Crippen LogP contribution in [0.3, 0.4) is 0 Å². The minimum Gasteiger partial charge on any atom is -0.340 e. The number of imidazole rings is 1. The van der Waals surface area contributed by atoms with Gasteiger partial charge < -0.3 is 4.57 Å². The maximum Gasteiger partial charge on any atom is 0.116 e. The third-order valence-electron chi connectivity index (χ3n) is 2.45. The van der Waals surface area contributed by atoms with E-state index in [0.29, 0.717) is 0 Å². The van der Waals surface area contributed by atoms with Crippen molar-refractivity contribution in [3.05, 3.63) is 30.6 Å². The number of thiophene rings is 1. The lowest BCUT2D eigenvalue weighted by atomic mass is 10.3. The van der Waals surface area contributed by atoms with Crippen LogP contribution in [0.25, 0.3) is 20.8 Å². The Kier molecular flexibility index (Phi) is 2.00. The van der Waals surface area contributed by atoms with Gasteiger partial charge in [0, 0.05) is 13.2 Å². The molecule has 0 aromatic carbocycles. The smallest absolute Gasteiger partial charge is 0.116 e. The highest BCUT2D eigenvalue weighted by Crippen LogP contribution is 2.32. The van der Waals surface area contributed by atoms with E-state index in [-0.39, 0.29) is 0 Å². The SMILES string of the molecule is Cc1ncnc2cc(-c3cn(C)cn3)sc12. The van der Waals surface area contributed by atoms with Crippen molar-refractivity contribution in [2.24, 2.45) is 7.05 Å². The largest absolute Gasteiger partial charge is 0.340 e. The van der Waals surface area contributed by atoms with E-state index in [0.717, 1.165) is 26.5 Å². The van der Waals surface area contributed by atoms with Crippen molar-refractivity contribution in [2.45, 2.75) is 6.92 Å². The highest BCUT2D eigenvalue weighted by atomic mass is 32.1. The summed E-state index contributed by atoms with van der Waals surface area (Å²) < 4.78 is 3.08. The van der Waals surface area contributed by atoms with Crippen molar-refractivity contribution < 1.29 is 0 Å². The van der Waals surface area contributed by atoms with E-state index in [1.165, 1.54) is 0 Å². The van der Waals surface area contributed by atoms with Gasteiger partial charge in [-0.3, -0.25) is 0 Å². The summed E-state index contributed by atoms with van der Waals surface area (Å²) in [5.74, 6) is 0. The fourth-order valence-corrected chi connectivity index (χ4v) is 2.66. The van der Waals surface area contributed by atoms with E-state index in [4.69, 9.17) is 0 Å². The topological polar surface area (TPSA) is 43.6 Å². The Morgan fingerprint density at radius 3 is 2.81 bits per heavy atom. The number of fused-ring (bicyclic) bond motifs is 1. The Morgan fingerprint density at radius 1 is 1.25 bits per heavy atom. The molecule has 0 aliphatic heterocycles. The van der Waals surface area contributed by atoms with Gasteiger partial charge in [0.2, 0.25) is 0 Å². The van der Waals surface area contributed by atoms with E-state index in [9.17, 15) is 0 Å². The van der Waals surface area contributed by atoms with Crippen LogP contribution in [-0.4, -0.2) is 19.5 Å². The Balaban J connectivity index is 2.22. The average molecular weight is 230 g/mol. The van der Waals surface area contributed by atoms with Gasteiger partial charge in [-0.2, -0.15) is 0 Å². The zero-order chi connectivity index (χ0) is 11.1. The van der Waals surface area contributed by atoms with Gasteiger partial charge in [-0.25, -0.2) is 15.0 Å². The lowest BCUT2D eigenvalue weighted by Crippen LogP contribution is -1.81. The van der Waals surface area contributed by atoms with Crippen molar-refractivity contribution in [1.82, 2.24) is 19.5 Å². The van der Waals surface area contributed by atoms with Crippen molar-refractivity contribution in [2.75, 3.05) is 0 Å². The van der Waals surface area contributed by atoms with Crippen LogP contribution in [0.4, 0.5) is 0 Å². The van der Waals surface area contributed by atoms with Crippen molar-refractivity contribution >= 4 is 21.6 Å². The summed E-state index contributed by atoms with van der Waals surface area (Å²) in [7, 11) is 1.97. The second kappa shape index (κ2) is 3.38. The molecular formula is C11H10N4S. The van der Waals surface area contributed by atoms with Crippen LogP contribution in [0.5, 0.6) is 0 Å². The van der Waals surface area contributed by atoms with Crippen LogP contribution in [0.15, 0.2) is 24.9 Å². The third-order valence-corrected chi connectivity index (χ3v) is 3.70. The summed E-state index contributed by atoms with van der Waals surface area (Å²) in [6.45, 7) is 2.00. The number of nitrogens with zero attached hydrogens (tertiary/aromatic N) is 4. The lowest BCUT2D eigenvalue weighted by molar-refractivity contribution is 0.913. The summed E-state index contributed by atoms with van der Waals surface area (Å²) in [4.78, 5) is 13.9. The Labute approximate surface area is 96.6 Å². The fourth-order valence-electron chi connectivity index (χ4n) is 1.64. The molecule has 3 rings (SSSR count). The molecule has 0 aliphatic rings. The molecular weight excluding hydrogens is 220 g/mol. The zero-order valence-electron chi connectivity index (χ0n) is 9.01. The number of aromatic nitrogens is 4. The summed E-state index contributed by atoms with van der Waals surface area (Å²) in [5.41, 5.74) is 3.01. The van der Waals surface area contributed by atoms with Crippen molar-refractivity contribution in [1.29, 1.82) is 0 Å². The highest BCUT2D eigenvalue weighted by Gasteiger charge is 2.09. The summed E-state index contributed by atoms with van der Waals surface area (Å²) in [6.07, 6.45) is 5.41. The number of rotatable bonds is 1. The van der Waals surface area contributed by atoms with Crippen LogP contribution in [0.1, 0.15) is 5.69 Å². The van der Waals surface area contributed by atoms with E-state index < -0.39 is 0 Å². The molecule has 0 aliphatic carbocycles. The summed E-state index contributed by atoms with van der Waals surface area (Å²) >= 11 is 1.69. The number of aryl methyl sites for hydroxylation is 2. The predicted octanol–water partition coefficient (Wildman–Crippen LogP) is 2.40. The van der Waals surface area contributed by atoms with Gasteiger partial charge >= 0.3 is 0 Å². The number of hydrogen-bond donors (Lipinski definition) is 0. The average Bonchev–Trinajstić information content (AvgIpc) is 2.84. The Hall–Kier alpha value is -1.75. The van der Waals surface area contributed by atoms with Gasteiger partial charge in [0.15, 0.2) is 0 Å². The van der Waals surface area contributed by atoms with Crippen LogP contribution in [-0.2, 0) is 7.05 Å². The molecule has 0 atom stereocenters. The maximum absolute atomic E-state index is 4.34. The van der Waals surface area contributed by atoms with Crippen molar-refractivity contribution in [3.8, 4) is 10.6 Å². The van der Waals surface area contributed by atoms with Gasteiger partial charge in [0.25, 0.3) is 0 Å². The molecule has 3 aromatic heterocycles. The van der Waals surface area contributed by atoms with Gasteiger partial charge in [0.1, 0.15) is 6.33 Å². The molecule has 0 unspecified atom stereocenters. The second-order valence-electron chi connectivity index (χ2n) is 3.71. The van der Waals surface area contributed by atoms with E-state index in [2.05, 4.69) is 21.0 Å². The molecule has 3 heterocycles. The van der Waals surface area contributed by atoms with E-state index in [1.807, 2.05) is 24.7 Å².